The van der Waals surface area contributed by atoms with Gasteiger partial charge in [-0.2, -0.15) is 13.2 Å². The van der Waals surface area contributed by atoms with Crippen molar-refractivity contribution in [2.45, 2.75) is 16.6 Å². The van der Waals surface area contributed by atoms with Crippen LogP contribution >= 0.6 is 11.8 Å². The van der Waals surface area contributed by atoms with Crippen molar-refractivity contribution >= 4 is 35.0 Å². The molecule has 0 aliphatic carbocycles. The topological polar surface area (TPSA) is 70.6 Å². The molecule has 0 bridgehead atoms. The largest absolute Gasteiger partial charge is 0.446 e. The third kappa shape index (κ3) is 5.00. The summed E-state index contributed by atoms with van der Waals surface area (Å²) >= 11 is -0.315. The number of nitrogens with one attached hydrogen (secondary N) is 2. The van der Waals surface area contributed by atoms with Crippen LogP contribution in [0.4, 0.5) is 18.9 Å². The van der Waals surface area contributed by atoms with Crippen molar-refractivity contribution in [3.8, 4) is 0 Å². The number of carbonyl (C=O) groups is 2. The average Bonchev–Trinajstić information content (AvgIpc) is 2.90. The second-order valence-electron chi connectivity index (χ2n) is 6.83. The molecule has 2 N–H and O–H groups in total. The zero-order valence-corrected chi connectivity index (χ0v) is 17.2. The number of hydrogen-bond acceptors (Lipinski definition) is 4. The molecule has 32 heavy (non-hydrogen) atoms. The van der Waals surface area contributed by atoms with E-state index in [2.05, 4.69) is 15.6 Å². The second kappa shape index (κ2) is 8.88. The summed E-state index contributed by atoms with van der Waals surface area (Å²) in [7, 11) is 0. The highest BCUT2D eigenvalue weighted by Crippen LogP contribution is 2.37. The van der Waals surface area contributed by atoms with Crippen molar-refractivity contribution < 1.29 is 22.8 Å². The first-order chi connectivity index (χ1) is 15.3. The normalized spacial score (nSPS) is 15.8. The van der Waals surface area contributed by atoms with E-state index in [1.807, 2.05) is 42.5 Å². The van der Waals surface area contributed by atoms with Crippen LogP contribution in [0.15, 0.2) is 88.8 Å². The lowest BCUT2D eigenvalue weighted by Gasteiger charge is -2.14. The predicted molar refractivity (Wildman–Crippen MR) is 117 cm³/mol. The van der Waals surface area contributed by atoms with Crippen molar-refractivity contribution in [1.82, 2.24) is 5.32 Å². The smallest absolute Gasteiger partial charge is 0.322 e. The van der Waals surface area contributed by atoms with E-state index in [4.69, 9.17) is 0 Å². The van der Waals surface area contributed by atoms with Crippen LogP contribution in [0, 0.1) is 0 Å². The van der Waals surface area contributed by atoms with Crippen LogP contribution < -0.4 is 10.6 Å². The fourth-order valence-corrected chi connectivity index (χ4v) is 3.82. The Bertz CT molecular complexity index is 1200. The first-order valence-electron chi connectivity index (χ1n) is 9.50. The number of anilines is 1. The molecule has 1 heterocycles. The molecule has 0 saturated heterocycles. The number of benzodiazepines with no additional fused rings is 1. The zero-order chi connectivity index (χ0) is 22.7. The van der Waals surface area contributed by atoms with Gasteiger partial charge in [-0.1, -0.05) is 54.6 Å². The van der Waals surface area contributed by atoms with Crippen molar-refractivity contribution in [3.05, 3.63) is 95.6 Å². The van der Waals surface area contributed by atoms with Crippen molar-refractivity contribution in [3.63, 3.8) is 0 Å². The van der Waals surface area contributed by atoms with E-state index in [-0.39, 0.29) is 22.2 Å². The molecule has 9 heteroatoms. The summed E-state index contributed by atoms with van der Waals surface area (Å²) in [5.74, 6) is -1.27. The van der Waals surface area contributed by atoms with Crippen LogP contribution in [-0.2, 0) is 4.79 Å². The number of para-hydroxylation sites is 1. The number of carbonyl (C=O) groups excluding carboxylic acids is 2. The maximum atomic E-state index is 12.8. The Labute approximate surface area is 185 Å². The predicted octanol–water partition coefficient (Wildman–Crippen LogP) is 4.84. The lowest BCUT2D eigenvalue weighted by molar-refractivity contribution is -0.117. The van der Waals surface area contributed by atoms with Crippen LogP contribution in [0.25, 0.3) is 0 Å². The first-order valence-corrected chi connectivity index (χ1v) is 10.3. The standard InChI is InChI=1S/C23H16F3N3O2S/c24-23(25,26)32-16-10-6-9-15(13-16)21(30)29-20-22(31)27-18-12-5-4-11-17(18)19(28-20)14-7-2-1-3-8-14/h1-13,20H,(H,27,31)(H,29,30). The molecule has 0 aromatic heterocycles. The summed E-state index contributed by atoms with van der Waals surface area (Å²) in [6.45, 7) is 0. The lowest BCUT2D eigenvalue weighted by atomic mass is 10.0. The average molecular weight is 455 g/mol. The van der Waals surface area contributed by atoms with E-state index < -0.39 is 23.5 Å². The van der Waals surface area contributed by atoms with Crippen LogP contribution in [0.3, 0.4) is 0 Å². The van der Waals surface area contributed by atoms with Gasteiger partial charge in [-0.3, -0.25) is 9.59 Å². The van der Waals surface area contributed by atoms with Gasteiger partial charge in [0.1, 0.15) is 0 Å². The number of nitrogens with zero attached hydrogens (tertiary/aromatic N) is 1. The number of thioether (sulfide) groups is 1. The van der Waals surface area contributed by atoms with E-state index in [9.17, 15) is 22.8 Å². The van der Waals surface area contributed by atoms with E-state index >= 15 is 0 Å². The molecule has 5 nitrogen and oxygen atoms in total. The van der Waals surface area contributed by atoms with Crippen LogP contribution in [0.2, 0.25) is 0 Å². The summed E-state index contributed by atoms with van der Waals surface area (Å²) < 4.78 is 38.0. The molecule has 2 amide bonds. The Morgan fingerprint density at radius 1 is 0.969 bits per heavy atom. The van der Waals surface area contributed by atoms with Crippen LogP contribution in [0.5, 0.6) is 0 Å². The number of hydrogen-bond donors (Lipinski definition) is 2. The van der Waals surface area contributed by atoms with Gasteiger partial charge in [-0.15, -0.1) is 0 Å². The first kappa shape index (κ1) is 21.6. The molecule has 0 radical (unpaired) electrons. The quantitative estimate of drug-likeness (QED) is 0.553. The summed E-state index contributed by atoms with van der Waals surface area (Å²) in [5, 5.41) is 5.27. The van der Waals surface area contributed by atoms with Gasteiger partial charge in [-0.05, 0) is 36.0 Å². The Kier molecular flexibility index (Phi) is 6.00. The van der Waals surface area contributed by atoms with E-state index in [1.54, 1.807) is 12.1 Å². The van der Waals surface area contributed by atoms with Crippen LogP contribution in [-0.4, -0.2) is 29.2 Å². The fourth-order valence-electron chi connectivity index (χ4n) is 3.22. The van der Waals surface area contributed by atoms with E-state index in [0.29, 0.717) is 17.0 Å². The van der Waals surface area contributed by atoms with Crippen molar-refractivity contribution in [2.24, 2.45) is 4.99 Å². The molecule has 162 valence electrons. The third-order valence-electron chi connectivity index (χ3n) is 4.59. The molecule has 1 atom stereocenters. The lowest BCUT2D eigenvalue weighted by Crippen LogP contribution is -2.42. The number of alkyl halides is 3. The van der Waals surface area contributed by atoms with Crippen LogP contribution in [0.1, 0.15) is 21.5 Å². The fraction of sp³-hybridized carbons (Fsp3) is 0.0870. The molecule has 3 aromatic carbocycles. The molecular weight excluding hydrogens is 439 g/mol. The molecule has 3 aromatic rings. The molecule has 4 rings (SSSR count). The monoisotopic (exact) mass is 455 g/mol. The maximum Gasteiger partial charge on any atom is 0.446 e. The Balaban J connectivity index is 1.66. The summed E-state index contributed by atoms with van der Waals surface area (Å²) in [6, 6.07) is 21.4. The Hall–Kier alpha value is -3.59. The van der Waals surface area contributed by atoms with Gasteiger partial charge in [0, 0.05) is 21.6 Å². The zero-order valence-electron chi connectivity index (χ0n) is 16.4. The van der Waals surface area contributed by atoms with Gasteiger partial charge in [0.25, 0.3) is 11.8 Å². The van der Waals surface area contributed by atoms with Gasteiger partial charge in [0.2, 0.25) is 6.17 Å². The van der Waals surface area contributed by atoms with Crippen molar-refractivity contribution in [2.75, 3.05) is 5.32 Å². The molecule has 0 saturated carbocycles. The van der Waals surface area contributed by atoms with Gasteiger partial charge < -0.3 is 10.6 Å². The minimum atomic E-state index is -4.48. The number of aliphatic imine (C=N–C) groups is 1. The number of amides is 2. The number of benzene rings is 3. The third-order valence-corrected chi connectivity index (χ3v) is 5.31. The van der Waals surface area contributed by atoms with Gasteiger partial charge in [0.05, 0.1) is 11.4 Å². The van der Waals surface area contributed by atoms with Crippen molar-refractivity contribution in [1.29, 1.82) is 0 Å². The van der Waals surface area contributed by atoms with E-state index in [1.165, 1.54) is 18.2 Å². The molecular formula is C23H16F3N3O2S. The second-order valence-corrected chi connectivity index (χ2v) is 7.97. The van der Waals surface area contributed by atoms with Gasteiger partial charge in [-0.25, -0.2) is 4.99 Å². The molecule has 0 spiro atoms. The maximum absolute atomic E-state index is 12.8. The molecule has 1 aliphatic heterocycles. The number of rotatable bonds is 4. The minimum absolute atomic E-state index is 0.00901. The Morgan fingerprint density at radius 2 is 1.69 bits per heavy atom. The number of halogens is 3. The Morgan fingerprint density at radius 3 is 2.44 bits per heavy atom. The molecule has 1 unspecified atom stereocenters. The van der Waals surface area contributed by atoms with Gasteiger partial charge in [0.15, 0.2) is 0 Å². The molecule has 0 fully saturated rings. The highest BCUT2D eigenvalue weighted by atomic mass is 32.2. The highest BCUT2D eigenvalue weighted by molar-refractivity contribution is 8.00. The summed E-state index contributed by atoms with van der Waals surface area (Å²) in [6.07, 6.45) is -1.27. The SMILES string of the molecule is O=C(NC1N=C(c2ccccc2)c2ccccc2NC1=O)c1cccc(SC(F)(F)F)c1. The summed E-state index contributed by atoms with van der Waals surface area (Å²) in [4.78, 5) is 29.9. The number of fused-ring (bicyclic) bond motifs is 1. The van der Waals surface area contributed by atoms with E-state index in [0.717, 1.165) is 11.6 Å². The minimum Gasteiger partial charge on any atom is -0.322 e. The highest BCUT2D eigenvalue weighted by Gasteiger charge is 2.30. The summed E-state index contributed by atoms with van der Waals surface area (Å²) in [5.41, 5.74) is -2.00. The van der Waals surface area contributed by atoms with Gasteiger partial charge >= 0.3 is 5.51 Å². The molecule has 1 aliphatic rings.